The third kappa shape index (κ3) is 54.3. The largest absolute Gasteiger partial charge is 0.756 e. The minimum Gasteiger partial charge on any atom is -0.756 e. The topological polar surface area (TPSA) is 111 Å². The molecule has 2 atom stereocenters. The van der Waals surface area contributed by atoms with Crippen LogP contribution in [0.5, 0.6) is 0 Å². The fourth-order valence-corrected chi connectivity index (χ4v) is 8.07. The fraction of sp³-hybridized carbons (Fsp3) is 0.700. The van der Waals surface area contributed by atoms with Crippen LogP contribution in [0.2, 0.25) is 0 Å². The molecular formula is C60H104NO8P. The van der Waals surface area contributed by atoms with Crippen LogP contribution in [0.25, 0.3) is 0 Å². The molecule has 0 saturated carbocycles. The first-order chi connectivity index (χ1) is 34.0. The average molecular weight is 998 g/mol. The van der Waals surface area contributed by atoms with Crippen molar-refractivity contribution in [1.82, 2.24) is 0 Å². The van der Waals surface area contributed by atoms with Gasteiger partial charge in [-0.15, -0.1) is 0 Å². The summed E-state index contributed by atoms with van der Waals surface area (Å²) in [4.78, 5) is 37.8. The van der Waals surface area contributed by atoms with Crippen molar-refractivity contribution in [2.45, 2.75) is 225 Å². The minimum atomic E-state index is -4.64. The second-order valence-corrected chi connectivity index (χ2v) is 20.9. The van der Waals surface area contributed by atoms with Gasteiger partial charge in [0.2, 0.25) is 0 Å². The minimum absolute atomic E-state index is 0.0377. The number of likely N-dealkylation sites (N-methyl/N-ethyl adjacent to an activating group) is 1. The maximum absolute atomic E-state index is 12.8. The van der Waals surface area contributed by atoms with Crippen LogP contribution in [-0.2, 0) is 32.7 Å². The zero-order valence-electron chi connectivity index (χ0n) is 45.4. The van der Waals surface area contributed by atoms with Crippen LogP contribution in [-0.4, -0.2) is 70.0 Å². The van der Waals surface area contributed by atoms with Crippen LogP contribution in [0.15, 0.2) is 97.2 Å². The Bertz CT molecular complexity index is 1500. The number of hydrogen-bond donors (Lipinski definition) is 0. The van der Waals surface area contributed by atoms with Gasteiger partial charge in [0.25, 0.3) is 7.82 Å². The molecule has 402 valence electrons. The Morgan fingerprint density at radius 1 is 0.443 bits per heavy atom. The van der Waals surface area contributed by atoms with Gasteiger partial charge in [0, 0.05) is 12.8 Å². The van der Waals surface area contributed by atoms with Crippen LogP contribution < -0.4 is 4.89 Å². The molecule has 0 aromatic rings. The third-order valence-corrected chi connectivity index (χ3v) is 12.6. The molecule has 0 bridgehead atoms. The summed E-state index contributed by atoms with van der Waals surface area (Å²) in [6.45, 7) is 3.99. The number of ether oxygens (including phenoxy) is 2. The zero-order valence-corrected chi connectivity index (χ0v) is 46.3. The predicted molar refractivity (Wildman–Crippen MR) is 295 cm³/mol. The van der Waals surface area contributed by atoms with E-state index in [1.807, 2.05) is 21.1 Å². The summed E-state index contributed by atoms with van der Waals surface area (Å²) < 4.78 is 34.1. The molecule has 0 saturated heterocycles. The molecule has 0 aliphatic heterocycles. The predicted octanol–water partition coefficient (Wildman–Crippen LogP) is 16.6. The molecule has 70 heavy (non-hydrogen) atoms. The van der Waals surface area contributed by atoms with Crippen molar-refractivity contribution in [3.8, 4) is 0 Å². The van der Waals surface area contributed by atoms with Gasteiger partial charge in [0.05, 0.1) is 27.7 Å². The Hall–Kier alpha value is -3.07. The van der Waals surface area contributed by atoms with Gasteiger partial charge >= 0.3 is 11.9 Å². The van der Waals surface area contributed by atoms with E-state index in [4.69, 9.17) is 18.5 Å². The van der Waals surface area contributed by atoms with E-state index >= 15 is 0 Å². The summed E-state index contributed by atoms with van der Waals surface area (Å²) in [6, 6.07) is 0. The van der Waals surface area contributed by atoms with Gasteiger partial charge in [-0.25, -0.2) is 0 Å². The SMILES string of the molecule is CC/C=C\C/C=C\C/C=C\C/C=C\CCCCCCCCCCCCCCCCC(=O)OC(COC(=O)CCCCCCCC/C=C\C/C=C\C/C=C\C/C=C\CC)COP(=O)([O-])OCC[N+](C)(C)C. The second-order valence-electron chi connectivity index (χ2n) is 19.5. The first kappa shape index (κ1) is 66.9. The number of hydrogen-bond acceptors (Lipinski definition) is 8. The van der Waals surface area contributed by atoms with Gasteiger partial charge in [-0.2, -0.15) is 0 Å². The lowest BCUT2D eigenvalue weighted by atomic mass is 10.0. The highest BCUT2D eigenvalue weighted by Gasteiger charge is 2.21. The molecule has 0 fully saturated rings. The molecular weight excluding hydrogens is 894 g/mol. The van der Waals surface area contributed by atoms with Crippen molar-refractivity contribution in [2.24, 2.45) is 0 Å². The molecule has 0 rings (SSSR count). The van der Waals surface area contributed by atoms with Gasteiger partial charge < -0.3 is 27.9 Å². The smallest absolute Gasteiger partial charge is 0.306 e. The van der Waals surface area contributed by atoms with Gasteiger partial charge in [-0.1, -0.05) is 214 Å². The van der Waals surface area contributed by atoms with Crippen LogP contribution in [0.3, 0.4) is 0 Å². The molecule has 0 aliphatic carbocycles. The summed E-state index contributed by atoms with van der Waals surface area (Å²) >= 11 is 0. The maximum atomic E-state index is 12.8. The number of phosphoric acid groups is 1. The maximum Gasteiger partial charge on any atom is 0.306 e. The number of carbonyl (C=O) groups excluding carboxylic acids is 2. The number of phosphoric ester groups is 1. The average Bonchev–Trinajstić information content (AvgIpc) is 3.32. The van der Waals surface area contributed by atoms with E-state index in [0.717, 1.165) is 109 Å². The monoisotopic (exact) mass is 998 g/mol. The Labute approximate surface area is 430 Å². The molecule has 0 spiro atoms. The number of quaternary nitrogens is 1. The van der Waals surface area contributed by atoms with Crippen molar-refractivity contribution in [2.75, 3.05) is 47.5 Å². The molecule has 0 aliphatic rings. The molecule has 9 nitrogen and oxygen atoms in total. The normalized spacial score (nSPS) is 14.1. The van der Waals surface area contributed by atoms with Crippen molar-refractivity contribution in [3.05, 3.63) is 97.2 Å². The third-order valence-electron chi connectivity index (χ3n) is 11.6. The molecule has 0 heterocycles. The molecule has 0 radical (unpaired) electrons. The van der Waals surface area contributed by atoms with Crippen LogP contribution in [0.4, 0.5) is 0 Å². The highest BCUT2D eigenvalue weighted by molar-refractivity contribution is 7.45. The summed E-state index contributed by atoms with van der Waals surface area (Å²) in [6.07, 6.45) is 68.7. The van der Waals surface area contributed by atoms with Gasteiger partial charge in [0.1, 0.15) is 19.8 Å². The molecule has 0 aromatic heterocycles. The summed E-state index contributed by atoms with van der Waals surface area (Å²) in [7, 11) is 1.15. The number of rotatable bonds is 50. The van der Waals surface area contributed by atoms with Gasteiger partial charge in [-0.05, 0) is 89.9 Å². The van der Waals surface area contributed by atoms with Crippen LogP contribution >= 0.6 is 7.82 Å². The standard InChI is InChI=1S/C60H104NO8P/c1-6-8-10-12-14-16-18-20-22-24-26-27-28-29-30-31-32-33-35-37-39-41-43-45-47-49-51-53-60(63)69-58(57-68-70(64,65)67-55-54-61(3,4)5)56-66-59(62)52-50-48-46-44-42-40-38-36-34-25-23-21-19-17-15-13-11-9-7-2/h8-11,14-17,20-23,26-27,34,36,58H,6-7,12-13,18-19,24-25,28-33,35,37-57H2,1-5H3/b10-8-,11-9-,16-14-,17-15-,22-20-,23-21-,27-26-,36-34-. The molecule has 2 unspecified atom stereocenters. The molecule has 0 N–H and O–H groups in total. The van der Waals surface area contributed by atoms with Crippen molar-refractivity contribution in [1.29, 1.82) is 0 Å². The first-order valence-electron chi connectivity index (χ1n) is 27.9. The molecule has 0 amide bonds. The summed E-state index contributed by atoms with van der Waals surface area (Å²) in [5, 5.41) is 0. The van der Waals surface area contributed by atoms with E-state index in [9.17, 15) is 19.0 Å². The molecule has 10 heteroatoms. The van der Waals surface area contributed by atoms with Crippen molar-refractivity contribution >= 4 is 19.8 Å². The van der Waals surface area contributed by atoms with Gasteiger partial charge in [0.15, 0.2) is 6.10 Å². The number of nitrogens with zero attached hydrogens (tertiary/aromatic N) is 1. The summed E-state index contributed by atoms with van der Waals surface area (Å²) in [5.41, 5.74) is 0. The lowest BCUT2D eigenvalue weighted by Crippen LogP contribution is -2.37. The fourth-order valence-electron chi connectivity index (χ4n) is 7.34. The highest BCUT2D eigenvalue weighted by atomic mass is 31.2. The van der Waals surface area contributed by atoms with E-state index < -0.39 is 32.5 Å². The van der Waals surface area contributed by atoms with Gasteiger partial charge in [-0.3, -0.25) is 14.2 Å². The number of esters is 2. The summed E-state index contributed by atoms with van der Waals surface area (Å²) in [5.74, 6) is -0.853. The number of unbranched alkanes of at least 4 members (excludes halogenated alkanes) is 20. The van der Waals surface area contributed by atoms with E-state index in [-0.39, 0.29) is 26.1 Å². The van der Waals surface area contributed by atoms with Crippen LogP contribution in [0.1, 0.15) is 219 Å². The quantitative estimate of drug-likeness (QED) is 0.0195. The lowest BCUT2D eigenvalue weighted by molar-refractivity contribution is -0.870. The highest BCUT2D eigenvalue weighted by Crippen LogP contribution is 2.38. The van der Waals surface area contributed by atoms with Crippen molar-refractivity contribution in [3.63, 3.8) is 0 Å². The lowest BCUT2D eigenvalue weighted by Gasteiger charge is -2.28. The second kappa shape index (κ2) is 50.9. The molecule has 0 aromatic carbocycles. The Balaban J connectivity index is 4.20. The Morgan fingerprint density at radius 2 is 0.771 bits per heavy atom. The number of allylic oxidation sites excluding steroid dienone is 16. The van der Waals surface area contributed by atoms with E-state index in [2.05, 4.69) is 111 Å². The Morgan fingerprint density at radius 3 is 1.14 bits per heavy atom. The van der Waals surface area contributed by atoms with E-state index in [1.165, 1.54) is 70.6 Å². The van der Waals surface area contributed by atoms with E-state index in [0.29, 0.717) is 23.9 Å². The zero-order chi connectivity index (χ0) is 51.3. The first-order valence-corrected chi connectivity index (χ1v) is 29.4. The van der Waals surface area contributed by atoms with E-state index in [1.54, 1.807) is 0 Å². The van der Waals surface area contributed by atoms with Crippen LogP contribution in [0, 0.1) is 0 Å². The van der Waals surface area contributed by atoms with Crippen molar-refractivity contribution < 1.29 is 42.1 Å². The number of carbonyl (C=O) groups is 2. The Kier molecular flexibility index (Phi) is 48.6.